The predicted molar refractivity (Wildman–Crippen MR) is 127 cm³/mol. The SMILES string of the molecule is CN1C=CCC(C(=O)NCCOC(=O)CCCc2ccc(N(CCCl)CCCl)cc2)=C1. The Kier molecular flexibility index (Phi) is 11.3. The van der Waals surface area contributed by atoms with E-state index in [0.29, 0.717) is 43.1 Å². The average molecular weight is 468 g/mol. The maximum absolute atomic E-state index is 12.1. The maximum Gasteiger partial charge on any atom is 0.305 e. The Morgan fingerprint density at radius 3 is 2.52 bits per heavy atom. The molecule has 0 saturated heterocycles. The Labute approximate surface area is 194 Å². The topological polar surface area (TPSA) is 61.9 Å². The van der Waals surface area contributed by atoms with E-state index in [4.69, 9.17) is 27.9 Å². The van der Waals surface area contributed by atoms with Crippen LogP contribution < -0.4 is 10.2 Å². The number of allylic oxidation sites excluding steroid dienone is 1. The minimum atomic E-state index is -0.249. The molecule has 0 spiro atoms. The molecule has 1 N–H and O–H groups in total. The van der Waals surface area contributed by atoms with Crippen molar-refractivity contribution in [3.05, 3.63) is 53.9 Å². The molecule has 1 heterocycles. The number of rotatable bonds is 13. The smallest absolute Gasteiger partial charge is 0.305 e. The number of carbonyl (C=O) groups excluding carboxylic acids is 2. The minimum Gasteiger partial charge on any atom is -0.464 e. The first-order chi connectivity index (χ1) is 15.0. The highest BCUT2D eigenvalue weighted by Crippen LogP contribution is 2.17. The summed E-state index contributed by atoms with van der Waals surface area (Å²) >= 11 is 11.7. The number of anilines is 1. The van der Waals surface area contributed by atoms with Crippen LogP contribution in [0.3, 0.4) is 0 Å². The molecule has 1 amide bonds. The average Bonchev–Trinajstić information content (AvgIpc) is 2.77. The van der Waals surface area contributed by atoms with Gasteiger partial charge in [0.05, 0.1) is 6.54 Å². The van der Waals surface area contributed by atoms with Gasteiger partial charge < -0.3 is 19.9 Å². The van der Waals surface area contributed by atoms with Crippen LogP contribution in [0.1, 0.15) is 24.8 Å². The van der Waals surface area contributed by atoms with E-state index in [1.54, 1.807) is 6.20 Å². The molecule has 0 unspecified atom stereocenters. The van der Waals surface area contributed by atoms with Crippen LogP contribution in [0.25, 0.3) is 0 Å². The van der Waals surface area contributed by atoms with Gasteiger partial charge in [-0.25, -0.2) is 0 Å². The summed E-state index contributed by atoms with van der Waals surface area (Å²) in [6.07, 6.45) is 8.09. The van der Waals surface area contributed by atoms with E-state index in [2.05, 4.69) is 34.5 Å². The second-order valence-electron chi connectivity index (χ2n) is 7.27. The first kappa shape index (κ1) is 25.1. The molecule has 0 aliphatic carbocycles. The Balaban J connectivity index is 1.62. The molecule has 8 heteroatoms. The van der Waals surface area contributed by atoms with Crippen molar-refractivity contribution in [3.63, 3.8) is 0 Å². The highest BCUT2D eigenvalue weighted by molar-refractivity contribution is 6.18. The van der Waals surface area contributed by atoms with Crippen molar-refractivity contribution in [1.82, 2.24) is 10.2 Å². The van der Waals surface area contributed by atoms with Gasteiger partial charge in [0.15, 0.2) is 0 Å². The number of amides is 1. The molecule has 1 aliphatic heterocycles. The van der Waals surface area contributed by atoms with Crippen LogP contribution in [0.5, 0.6) is 0 Å². The van der Waals surface area contributed by atoms with Crippen molar-refractivity contribution in [2.24, 2.45) is 0 Å². The van der Waals surface area contributed by atoms with Crippen molar-refractivity contribution in [3.8, 4) is 0 Å². The first-order valence-corrected chi connectivity index (χ1v) is 11.6. The van der Waals surface area contributed by atoms with Crippen molar-refractivity contribution < 1.29 is 14.3 Å². The molecule has 0 saturated carbocycles. The number of ether oxygens (including phenoxy) is 1. The lowest BCUT2D eigenvalue weighted by Gasteiger charge is -2.23. The molecule has 0 radical (unpaired) electrons. The number of nitrogens with zero attached hydrogens (tertiary/aromatic N) is 2. The van der Waals surface area contributed by atoms with Gasteiger partial charge in [0, 0.05) is 55.8 Å². The van der Waals surface area contributed by atoms with Crippen LogP contribution in [0, 0.1) is 0 Å². The molecule has 1 aromatic rings. The Morgan fingerprint density at radius 2 is 1.87 bits per heavy atom. The molecule has 170 valence electrons. The summed E-state index contributed by atoms with van der Waals surface area (Å²) in [6.45, 7) is 1.99. The lowest BCUT2D eigenvalue weighted by Crippen LogP contribution is -2.30. The third-order valence-electron chi connectivity index (χ3n) is 4.84. The molecule has 0 atom stereocenters. The molecular formula is C23H31Cl2N3O3. The van der Waals surface area contributed by atoms with E-state index in [9.17, 15) is 9.59 Å². The molecule has 0 aromatic heterocycles. The van der Waals surface area contributed by atoms with E-state index in [1.165, 1.54) is 5.56 Å². The summed E-state index contributed by atoms with van der Waals surface area (Å²) in [4.78, 5) is 28.0. The fourth-order valence-electron chi connectivity index (χ4n) is 3.24. The lowest BCUT2D eigenvalue weighted by molar-refractivity contribution is -0.143. The molecule has 0 fully saturated rings. The fourth-order valence-corrected chi connectivity index (χ4v) is 3.65. The van der Waals surface area contributed by atoms with Crippen molar-refractivity contribution >= 4 is 40.8 Å². The largest absolute Gasteiger partial charge is 0.464 e. The predicted octanol–water partition coefficient (Wildman–Crippen LogP) is 3.69. The number of esters is 1. The molecule has 31 heavy (non-hydrogen) atoms. The Hall–Kier alpha value is -2.18. The van der Waals surface area contributed by atoms with Gasteiger partial charge in [-0.3, -0.25) is 9.59 Å². The standard InChI is InChI=1S/C23H31Cl2N3O3/c1-27-14-3-5-20(18-27)23(30)26-13-17-31-22(29)6-2-4-19-7-9-21(10-8-19)28(15-11-24)16-12-25/h3,7-10,14,18H,2,4-6,11-13,15-17H2,1H3,(H,26,30). The second kappa shape index (κ2) is 14.0. The highest BCUT2D eigenvalue weighted by Gasteiger charge is 2.11. The van der Waals surface area contributed by atoms with Crippen LogP contribution in [0.15, 0.2) is 48.3 Å². The zero-order valence-electron chi connectivity index (χ0n) is 18.0. The summed E-state index contributed by atoms with van der Waals surface area (Å²) < 4.78 is 5.21. The van der Waals surface area contributed by atoms with E-state index >= 15 is 0 Å². The number of halogens is 2. The fraction of sp³-hybridized carbons (Fsp3) is 0.478. The van der Waals surface area contributed by atoms with Crippen LogP contribution >= 0.6 is 23.2 Å². The Bertz CT molecular complexity index is 760. The van der Waals surface area contributed by atoms with Gasteiger partial charge in [-0.2, -0.15) is 0 Å². The van der Waals surface area contributed by atoms with Gasteiger partial charge >= 0.3 is 5.97 Å². The zero-order chi connectivity index (χ0) is 22.5. The monoisotopic (exact) mass is 467 g/mol. The van der Waals surface area contributed by atoms with Gasteiger partial charge in [0.25, 0.3) is 0 Å². The van der Waals surface area contributed by atoms with E-state index in [1.807, 2.05) is 24.2 Å². The lowest BCUT2D eigenvalue weighted by atomic mass is 10.1. The van der Waals surface area contributed by atoms with Gasteiger partial charge in [-0.1, -0.05) is 18.2 Å². The number of aryl methyl sites for hydroxylation is 1. The second-order valence-corrected chi connectivity index (χ2v) is 8.03. The molecular weight excluding hydrogens is 437 g/mol. The summed E-state index contributed by atoms with van der Waals surface area (Å²) in [6, 6.07) is 8.26. The van der Waals surface area contributed by atoms with Gasteiger partial charge in [0.1, 0.15) is 6.61 Å². The van der Waals surface area contributed by atoms with Crippen LogP contribution in [-0.4, -0.2) is 61.8 Å². The van der Waals surface area contributed by atoms with Crippen LogP contribution in [0.4, 0.5) is 5.69 Å². The molecule has 1 aliphatic rings. The van der Waals surface area contributed by atoms with Crippen molar-refractivity contribution in [2.75, 3.05) is 49.9 Å². The zero-order valence-corrected chi connectivity index (χ0v) is 19.5. The normalized spacial score (nSPS) is 13.0. The quantitative estimate of drug-likeness (QED) is 0.272. The van der Waals surface area contributed by atoms with Crippen molar-refractivity contribution in [1.29, 1.82) is 0 Å². The maximum atomic E-state index is 12.1. The summed E-state index contributed by atoms with van der Waals surface area (Å²) in [5.74, 6) is 0.723. The van der Waals surface area contributed by atoms with Crippen molar-refractivity contribution in [2.45, 2.75) is 25.7 Å². The number of alkyl halides is 2. The molecule has 1 aromatic carbocycles. The summed E-state index contributed by atoms with van der Waals surface area (Å²) in [5.41, 5.74) is 2.95. The highest BCUT2D eigenvalue weighted by atomic mass is 35.5. The van der Waals surface area contributed by atoms with Crippen LogP contribution in [-0.2, 0) is 20.7 Å². The van der Waals surface area contributed by atoms with E-state index in [-0.39, 0.29) is 18.5 Å². The molecule has 6 nitrogen and oxygen atoms in total. The van der Waals surface area contributed by atoms with E-state index in [0.717, 1.165) is 25.2 Å². The third-order valence-corrected chi connectivity index (χ3v) is 5.17. The van der Waals surface area contributed by atoms with E-state index < -0.39 is 0 Å². The number of nitrogens with one attached hydrogen (secondary N) is 1. The molecule has 0 bridgehead atoms. The van der Waals surface area contributed by atoms with Gasteiger partial charge in [-0.05, 0) is 43.2 Å². The summed E-state index contributed by atoms with van der Waals surface area (Å²) in [5, 5.41) is 2.78. The Morgan fingerprint density at radius 1 is 1.16 bits per heavy atom. The van der Waals surface area contributed by atoms with Crippen LogP contribution in [0.2, 0.25) is 0 Å². The molecule has 2 rings (SSSR count). The van der Waals surface area contributed by atoms with Gasteiger partial charge in [0.2, 0.25) is 5.91 Å². The first-order valence-electron chi connectivity index (χ1n) is 10.5. The number of carbonyl (C=O) groups is 2. The number of benzene rings is 1. The number of hydrogen-bond acceptors (Lipinski definition) is 5. The summed E-state index contributed by atoms with van der Waals surface area (Å²) in [7, 11) is 1.87. The third kappa shape index (κ3) is 9.23. The number of hydrogen-bond donors (Lipinski definition) is 1. The minimum absolute atomic E-state index is 0.133. The van der Waals surface area contributed by atoms with Gasteiger partial charge in [-0.15, -0.1) is 23.2 Å².